The summed E-state index contributed by atoms with van der Waals surface area (Å²) < 4.78 is 40.1. The molecule has 0 saturated carbocycles. The highest BCUT2D eigenvalue weighted by molar-refractivity contribution is 6.18. The van der Waals surface area contributed by atoms with Crippen LogP contribution in [0.15, 0.2) is 97.2 Å². The van der Waals surface area contributed by atoms with Gasteiger partial charge in [-0.05, 0) is 71.6 Å². The van der Waals surface area contributed by atoms with Gasteiger partial charge in [0.25, 0.3) is 0 Å². The second-order valence-electron chi connectivity index (χ2n) is 11.2. The number of aryl methyl sites for hydroxylation is 2. The van der Waals surface area contributed by atoms with Gasteiger partial charge in [-0.1, -0.05) is 68.4 Å². The zero-order valence-corrected chi connectivity index (χ0v) is 23.1. The van der Waals surface area contributed by atoms with E-state index in [-0.39, 0.29) is 0 Å². The van der Waals surface area contributed by atoms with Gasteiger partial charge in [0, 0.05) is 39.6 Å². The molecule has 3 heteroatoms. The normalized spacial score (nSPS) is 18.0. The van der Waals surface area contributed by atoms with Gasteiger partial charge < -0.3 is 4.57 Å². The molecule has 40 heavy (non-hydrogen) atoms. The molecule has 0 N–H and O–H groups in total. The van der Waals surface area contributed by atoms with E-state index in [0.29, 0.717) is 27.8 Å². The molecular weight excluding hydrogens is 486 g/mol. The van der Waals surface area contributed by atoms with Gasteiger partial charge in [-0.15, -0.1) is 0 Å². The summed E-state index contributed by atoms with van der Waals surface area (Å²) >= 11 is 0. The fraction of sp³-hybridized carbons (Fsp3) is 0.189. The third-order valence-electron chi connectivity index (χ3n) is 7.95. The number of para-hydroxylation sites is 1. The number of rotatable bonds is 3. The highest BCUT2D eigenvalue weighted by atomic mass is 15.0. The number of hydrogen-bond acceptors (Lipinski definition) is 1. The van der Waals surface area contributed by atoms with E-state index in [4.69, 9.17) is 5.48 Å². The van der Waals surface area contributed by atoms with E-state index in [1.54, 1.807) is 26.0 Å². The quantitative estimate of drug-likeness (QED) is 0.215. The zero-order chi connectivity index (χ0) is 31.2. The summed E-state index contributed by atoms with van der Waals surface area (Å²) in [5, 5.41) is 12.5. The van der Waals surface area contributed by atoms with Crippen molar-refractivity contribution in [3.8, 4) is 34.1 Å². The van der Waals surface area contributed by atoms with Crippen molar-refractivity contribution in [2.45, 2.75) is 33.5 Å². The highest BCUT2D eigenvalue weighted by Crippen LogP contribution is 2.45. The Morgan fingerprint density at radius 1 is 0.825 bits per heavy atom. The molecule has 0 atom stereocenters. The number of aromatic nitrogens is 2. The predicted octanol–water partition coefficient (Wildman–Crippen LogP) is 8.25. The Kier molecular flexibility index (Phi) is 4.52. The second-order valence-corrected chi connectivity index (χ2v) is 11.2. The van der Waals surface area contributed by atoms with Crippen molar-refractivity contribution in [2.75, 3.05) is 0 Å². The van der Waals surface area contributed by atoms with Crippen LogP contribution < -0.4 is 4.57 Å². The lowest BCUT2D eigenvalue weighted by Gasteiger charge is -2.15. The van der Waals surface area contributed by atoms with Crippen LogP contribution in [0.2, 0.25) is 0 Å². The minimum atomic E-state index is -1.92. The van der Waals surface area contributed by atoms with Gasteiger partial charge in [0.05, 0.1) is 28.2 Å². The number of pyridine rings is 1. The fourth-order valence-electron chi connectivity index (χ4n) is 6.24. The number of hydrogen-bond donors (Lipinski definition) is 0. The summed E-state index contributed by atoms with van der Waals surface area (Å²) in [6, 6.07) is 32.2. The highest BCUT2D eigenvalue weighted by Gasteiger charge is 2.30. The van der Waals surface area contributed by atoms with E-state index in [2.05, 4.69) is 52.5 Å². The molecule has 194 valence electrons. The molecule has 0 spiro atoms. The van der Waals surface area contributed by atoms with Gasteiger partial charge in [-0.2, -0.15) is 5.26 Å². The molecular formula is C37H32N3+. The van der Waals surface area contributed by atoms with E-state index in [1.165, 1.54) is 0 Å². The minimum absolute atomic E-state index is 0.334. The second kappa shape index (κ2) is 8.93. The largest absolute Gasteiger partial charge is 0.308 e. The first-order chi connectivity index (χ1) is 20.9. The average molecular weight is 523 g/mol. The number of nitriles is 1. The summed E-state index contributed by atoms with van der Waals surface area (Å²) in [5.41, 5.74) is 7.39. The number of nitrogens with zero attached hydrogens (tertiary/aromatic N) is 3. The summed E-state index contributed by atoms with van der Waals surface area (Å²) in [5.74, 6) is 0. The van der Waals surface area contributed by atoms with Gasteiger partial charge in [-0.25, -0.2) is 4.57 Å². The Morgan fingerprint density at radius 3 is 2.27 bits per heavy atom. The Morgan fingerprint density at radius 2 is 1.52 bits per heavy atom. The summed E-state index contributed by atoms with van der Waals surface area (Å²) in [4.78, 5) is 0. The molecule has 1 aliphatic rings. The van der Waals surface area contributed by atoms with Crippen molar-refractivity contribution in [3.63, 3.8) is 0 Å². The van der Waals surface area contributed by atoms with Gasteiger partial charge in [0.1, 0.15) is 7.05 Å². The van der Waals surface area contributed by atoms with Crippen LogP contribution in [0.5, 0.6) is 0 Å². The van der Waals surface area contributed by atoms with Crippen LogP contribution in [0.1, 0.15) is 41.6 Å². The van der Waals surface area contributed by atoms with Crippen LogP contribution in [0.4, 0.5) is 0 Å². The van der Waals surface area contributed by atoms with Gasteiger partial charge >= 0.3 is 0 Å². The molecule has 4 aromatic carbocycles. The lowest BCUT2D eigenvalue weighted by molar-refractivity contribution is -0.660. The Balaban J connectivity index is 1.67. The summed E-state index contributed by atoms with van der Waals surface area (Å²) in [7, 11) is 2.04. The maximum atomic E-state index is 10.5. The molecule has 0 unspecified atom stereocenters. The Bertz CT molecular complexity index is 2190. The Hall–Kier alpha value is -4.68. The lowest BCUT2D eigenvalue weighted by Crippen LogP contribution is -2.30. The third-order valence-corrected chi connectivity index (χ3v) is 7.95. The van der Waals surface area contributed by atoms with Crippen LogP contribution in [0.25, 0.3) is 49.9 Å². The first-order valence-electron chi connectivity index (χ1n) is 15.6. The standard InChI is InChI=1S/C37H32N3/c1-24-13-17-30-31-18-16-27(23-38)34(25-14-15-26-21-37(2,3)22-28(26)20-25)36(31)40(29-10-6-5-7-11-29)35(30)33(24)32-12-8-9-19-39(32)4/h5-20H,21-22H2,1-4H3/q+1/i21D2,22D2. The van der Waals surface area contributed by atoms with Gasteiger partial charge in [0.2, 0.25) is 5.69 Å². The molecule has 0 fully saturated rings. The molecule has 2 aromatic heterocycles. The minimum Gasteiger partial charge on any atom is -0.308 e. The Labute approximate surface area is 241 Å². The summed E-state index contributed by atoms with van der Waals surface area (Å²) in [6.45, 7) is 5.42. The molecule has 3 nitrogen and oxygen atoms in total. The first-order valence-corrected chi connectivity index (χ1v) is 13.6. The topological polar surface area (TPSA) is 32.6 Å². The third kappa shape index (κ3) is 3.67. The molecule has 6 aromatic rings. The van der Waals surface area contributed by atoms with Crippen LogP contribution >= 0.6 is 0 Å². The predicted molar refractivity (Wildman–Crippen MR) is 163 cm³/mol. The maximum Gasteiger partial charge on any atom is 0.214 e. The molecule has 0 amide bonds. The van der Waals surface area contributed by atoms with Gasteiger partial charge in [0.15, 0.2) is 6.20 Å². The molecule has 0 radical (unpaired) electrons. The van der Waals surface area contributed by atoms with Crippen molar-refractivity contribution < 1.29 is 10.1 Å². The van der Waals surface area contributed by atoms with E-state index >= 15 is 0 Å². The van der Waals surface area contributed by atoms with Crippen molar-refractivity contribution >= 4 is 21.8 Å². The van der Waals surface area contributed by atoms with Gasteiger partial charge in [-0.3, -0.25) is 0 Å². The van der Waals surface area contributed by atoms with Crippen LogP contribution in [-0.4, -0.2) is 4.57 Å². The van der Waals surface area contributed by atoms with Crippen molar-refractivity contribution in [1.82, 2.24) is 4.57 Å². The average Bonchev–Trinajstić information content (AvgIpc) is 3.39. The fourth-order valence-corrected chi connectivity index (χ4v) is 6.24. The maximum absolute atomic E-state index is 10.5. The van der Waals surface area contributed by atoms with Crippen molar-refractivity contribution in [1.29, 1.82) is 5.26 Å². The zero-order valence-electron chi connectivity index (χ0n) is 27.1. The molecule has 0 aliphatic heterocycles. The SMILES string of the molecule is [2H]C1([2H])c2ccc(-c3c(C#N)ccc4c5ccc(C)c(-c6cccc[n+]6C)c5n(-c5ccccc5)c34)cc2C([2H])([2H])C1(C)C. The van der Waals surface area contributed by atoms with Crippen LogP contribution in [0, 0.1) is 23.7 Å². The molecule has 0 saturated heterocycles. The smallest absolute Gasteiger partial charge is 0.214 e. The first kappa shape index (κ1) is 20.3. The number of benzene rings is 4. The van der Waals surface area contributed by atoms with Crippen molar-refractivity contribution in [3.05, 3.63) is 119 Å². The van der Waals surface area contributed by atoms with Crippen LogP contribution in [0.3, 0.4) is 0 Å². The van der Waals surface area contributed by atoms with E-state index in [9.17, 15) is 5.26 Å². The molecule has 7 rings (SSSR count). The molecule has 2 heterocycles. The van der Waals surface area contributed by atoms with E-state index in [1.807, 2.05) is 61.8 Å². The monoisotopic (exact) mass is 522 g/mol. The molecule has 0 bridgehead atoms. The number of fused-ring (bicyclic) bond motifs is 4. The summed E-state index contributed by atoms with van der Waals surface area (Å²) in [6.07, 6.45) is -1.73. The lowest BCUT2D eigenvalue weighted by atomic mass is 9.90. The van der Waals surface area contributed by atoms with E-state index in [0.717, 1.165) is 44.3 Å². The van der Waals surface area contributed by atoms with Crippen LogP contribution in [-0.2, 0) is 19.8 Å². The van der Waals surface area contributed by atoms with E-state index < -0.39 is 18.2 Å². The van der Waals surface area contributed by atoms with Crippen molar-refractivity contribution in [2.24, 2.45) is 12.5 Å². The molecule has 1 aliphatic carbocycles.